The smallest absolute Gasteiger partial charge is 0.352 e. The molecule has 146 valence electrons. The van der Waals surface area contributed by atoms with E-state index in [1.165, 1.54) is 0 Å². The maximum atomic E-state index is 12.5. The van der Waals surface area contributed by atoms with Crippen LogP contribution in [0.1, 0.15) is 37.6 Å². The molecule has 0 saturated heterocycles. The number of anilines is 2. The van der Waals surface area contributed by atoms with Crippen molar-refractivity contribution in [3.05, 3.63) is 60.2 Å². The Balaban J connectivity index is 2.18. The van der Waals surface area contributed by atoms with Crippen LogP contribution >= 0.6 is 0 Å². The van der Waals surface area contributed by atoms with E-state index in [9.17, 15) is 19.5 Å². The molecule has 2 aromatic rings. The molecular weight excluding hydrogens is 358 g/mol. The Morgan fingerprint density at radius 3 is 2.18 bits per heavy atom. The first-order valence-electron chi connectivity index (χ1n) is 8.73. The number of aliphatic carboxylic acids is 1. The maximum Gasteiger partial charge on any atom is 0.352 e. The number of carbonyl (C=O) groups excluding carboxylic acids is 2. The van der Waals surface area contributed by atoms with Gasteiger partial charge in [-0.15, -0.1) is 0 Å². The van der Waals surface area contributed by atoms with Crippen LogP contribution < -0.4 is 10.7 Å². The van der Waals surface area contributed by atoms with Crippen molar-refractivity contribution in [3.63, 3.8) is 0 Å². The molecule has 3 N–H and O–H groups in total. The van der Waals surface area contributed by atoms with Gasteiger partial charge in [0, 0.05) is 11.1 Å². The molecule has 0 aliphatic carbocycles. The summed E-state index contributed by atoms with van der Waals surface area (Å²) >= 11 is 0. The van der Waals surface area contributed by atoms with E-state index in [4.69, 9.17) is 0 Å². The van der Waals surface area contributed by atoms with Crippen molar-refractivity contribution < 1.29 is 19.5 Å². The quantitative estimate of drug-likeness (QED) is 0.502. The lowest BCUT2D eigenvalue weighted by molar-refractivity contribution is -0.131. The van der Waals surface area contributed by atoms with E-state index in [1.54, 1.807) is 45.0 Å². The first-order chi connectivity index (χ1) is 13.2. The van der Waals surface area contributed by atoms with Crippen LogP contribution in [0, 0.1) is 5.41 Å². The Hall–Kier alpha value is -3.48. The van der Waals surface area contributed by atoms with Crippen molar-refractivity contribution in [3.8, 4) is 0 Å². The fraction of sp³-hybridized carbons (Fsp3) is 0.238. The number of para-hydroxylation sites is 2. The minimum atomic E-state index is -1.35. The molecule has 0 aromatic heterocycles. The van der Waals surface area contributed by atoms with Crippen LogP contribution in [-0.4, -0.2) is 28.5 Å². The van der Waals surface area contributed by atoms with Crippen molar-refractivity contribution in [1.82, 2.24) is 5.43 Å². The highest BCUT2D eigenvalue weighted by molar-refractivity contribution is 6.39. The molecule has 0 bridgehead atoms. The van der Waals surface area contributed by atoms with E-state index >= 15 is 0 Å². The number of benzene rings is 2. The van der Waals surface area contributed by atoms with Crippen LogP contribution in [0.5, 0.6) is 0 Å². The van der Waals surface area contributed by atoms with Crippen LogP contribution in [0.3, 0.4) is 0 Å². The van der Waals surface area contributed by atoms with Crippen molar-refractivity contribution in [2.45, 2.75) is 27.2 Å². The number of amides is 1. The van der Waals surface area contributed by atoms with Crippen molar-refractivity contribution in [2.75, 3.05) is 5.32 Å². The van der Waals surface area contributed by atoms with E-state index in [0.717, 1.165) is 5.69 Å². The molecule has 0 fully saturated rings. The summed E-state index contributed by atoms with van der Waals surface area (Å²) < 4.78 is 0. The van der Waals surface area contributed by atoms with Crippen molar-refractivity contribution in [2.24, 2.45) is 10.5 Å². The Kier molecular flexibility index (Phi) is 6.65. The van der Waals surface area contributed by atoms with E-state index in [2.05, 4.69) is 15.8 Å². The number of Topliss-reactive ketones (excluding diaryl/α,β-unsaturated/α-hetero) is 1. The normalized spacial score (nSPS) is 11.6. The predicted octanol–water partition coefficient (Wildman–Crippen LogP) is 3.61. The monoisotopic (exact) mass is 381 g/mol. The summed E-state index contributed by atoms with van der Waals surface area (Å²) in [6.45, 7) is 5.08. The zero-order chi connectivity index (χ0) is 20.7. The van der Waals surface area contributed by atoms with Gasteiger partial charge in [-0.1, -0.05) is 51.1 Å². The summed E-state index contributed by atoms with van der Waals surface area (Å²) in [5, 5.41) is 16.1. The number of hydrazone groups is 1. The third-order valence-electron chi connectivity index (χ3n) is 3.93. The second-order valence-electron chi connectivity index (χ2n) is 7.19. The highest BCUT2D eigenvalue weighted by Crippen LogP contribution is 2.21. The van der Waals surface area contributed by atoms with Crippen LogP contribution in [-0.2, 0) is 9.59 Å². The summed E-state index contributed by atoms with van der Waals surface area (Å²) in [6.07, 6.45) is -0.372. The average Bonchev–Trinajstić information content (AvgIpc) is 2.65. The Morgan fingerprint density at radius 2 is 1.57 bits per heavy atom. The van der Waals surface area contributed by atoms with Gasteiger partial charge in [0.1, 0.15) is 5.78 Å². The minimum absolute atomic E-state index is 0.283. The topological polar surface area (TPSA) is 108 Å². The molecule has 0 aliphatic rings. The minimum Gasteiger partial charge on any atom is -0.477 e. The summed E-state index contributed by atoms with van der Waals surface area (Å²) in [5.41, 5.74) is 2.76. The van der Waals surface area contributed by atoms with Gasteiger partial charge in [-0.2, -0.15) is 5.10 Å². The van der Waals surface area contributed by atoms with Gasteiger partial charge >= 0.3 is 5.97 Å². The maximum absolute atomic E-state index is 12.5. The molecular formula is C21H23N3O4. The van der Waals surface area contributed by atoms with Gasteiger partial charge in [0.15, 0.2) is 5.71 Å². The molecule has 28 heavy (non-hydrogen) atoms. The molecule has 0 heterocycles. The van der Waals surface area contributed by atoms with E-state index in [1.807, 2.05) is 30.3 Å². The van der Waals surface area contributed by atoms with Crippen LogP contribution in [0.4, 0.5) is 11.4 Å². The van der Waals surface area contributed by atoms with Crippen molar-refractivity contribution in [1.29, 1.82) is 0 Å². The molecule has 0 saturated carbocycles. The number of hydrogen-bond acceptors (Lipinski definition) is 5. The third-order valence-corrected chi connectivity index (χ3v) is 3.93. The molecule has 7 heteroatoms. The zero-order valence-corrected chi connectivity index (χ0v) is 16.0. The summed E-state index contributed by atoms with van der Waals surface area (Å²) in [7, 11) is 0. The lowest BCUT2D eigenvalue weighted by Crippen LogP contribution is -2.29. The number of nitrogens with one attached hydrogen (secondary N) is 2. The SMILES string of the molecule is CC(C)(C)C(=O)CC(=NNC(=O)c1ccccc1Nc1ccccc1)C(=O)O. The molecule has 7 nitrogen and oxygen atoms in total. The molecule has 0 aliphatic heterocycles. The fourth-order valence-electron chi connectivity index (χ4n) is 2.23. The van der Waals surface area contributed by atoms with E-state index in [0.29, 0.717) is 11.3 Å². The average molecular weight is 381 g/mol. The third kappa shape index (κ3) is 5.77. The Morgan fingerprint density at radius 1 is 0.964 bits per heavy atom. The molecule has 0 atom stereocenters. The highest BCUT2D eigenvalue weighted by atomic mass is 16.4. The number of ketones is 1. The zero-order valence-electron chi connectivity index (χ0n) is 16.0. The summed E-state index contributed by atoms with van der Waals surface area (Å²) in [4.78, 5) is 36.0. The number of carboxylic acid groups (broad SMARTS) is 1. The summed E-state index contributed by atoms with van der Waals surface area (Å²) in [6, 6.07) is 16.1. The van der Waals surface area contributed by atoms with Gasteiger partial charge in [0.25, 0.3) is 5.91 Å². The van der Waals surface area contributed by atoms with Crippen molar-refractivity contribution >= 4 is 34.7 Å². The van der Waals surface area contributed by atoms with E-state index < -0.39 is 23.0 Å². The summed E-state index contributed by atoms with van der Waals surface area (Å²) in [5.74, 6) is -2.22. The molecule has 1 amide bonds. The number of rotatable bonds is 7. The molecule has 2 rings (SSSR count). The van der Waals surface area contributed by atoms with Gasteiger partial charge in [-0.3, -0.25) is 9.59 Å². The van der Waals surface area contributed by atoms with Gasteiger partial charge in [0.2, 0.25) is 0 Å². The van der Waals surface area contributed by atoms with Gasteiger partial charge in [-0.25, -0.2) is 10.2 Å². The molecule has 0 spiro atoms. The Labute approximate surface area is 163 Å². The van der Waals surface area contributed by atoms with Gasteiger partial charge in [0.05, 0.1) is 17.7 Å². The van der Waals surface area contributed by atoms with Crippen LogP contribution in [0.25, 0.3) is 0 Å². The lowest BCUT2D eigenvalue weighted by atomic mass is 9.88. The molecule has 0 radical (unpaired) electrons. The second-order valence-corrected chi connectivity index (χ2v) is 7.19. The van der Waals surface area contributed by atoms with Crippen LogP contribution in [0.2, 0.25) is 0 Å². The van der Waals surface area contributed by atoms with E-state index in [-0.39, 0.29) is 12.2 Å². The highest BCUT2D eigenvalue weighted by Gasteiger charge is 2.25. The molecule has 0 unspecified atom stereocenters. The predicted molar refractivity (Wildman–Crippen MR) is 108 cm³/mol. The van der Waals surface area contributed by atoms with Gasteiger partial charge < -0.3 is 10.4 Å². The largest absolute Gasteiger partial charge is 0.477 e. The lowest BCUT2D eigenvalue weighted by Gasteiger charge is -2.16. The Bertz CT molecular complexity index is 899. The first kappa shape index (κ1) is 20.8. The number of carboxylic acids is 1. The number of hydrogen-bond donors (Lipinski definition) is 3. The molecule has 2 aromatic carbocycles. The number of carbonyl (C=O) groups is 3. The second kappa shape index (κ2) is 8.94. The number of nitrogens with zero attached hydrogens (tertiary/aromatic N) is 1. The van der Waals surface area contributed by atoms with Crippen LogP contribution in [0.15, 0.2) is 59.7 Å². The fourth-order valence-corrected chi connectivity index (χ4v) is 2.23. The van der Waals surface area contributed by atoms with Gasteiger partial charge in [-0.05, 0) is 24.3 Å². The first-order valence-corrected chi connectivity index (χ1v) is 8.73. The standard InChI is InChI=1S/C21H23N3O4/c1-21(2,3)18(25)13-17(20(27)28)23-24-19(26)15-11-7-8-12-16(15)22-14-9-5-4-6-10-14/h4-12,22H,13H2,1-3H3,(H,24,26)(H,27,28).